The van der Waals surface area contributed by atoms with Gasteiger partial charge in [0.05, 0.1) is 11.2 Å². The lowest BCUT2D eigenvalue weighted by Crippen LogP contribution is -2.44. The van der Waals surface area contributed by atoms with Crippen molar-refractivity contribution in [3.63, 3.8) is 0 Å². The standard InChI is InChI=1S/C17H25NO5/c1-15(2,3)21-20-11-17(23-22-16(4,5)6)12-9-7-8-10-13(12)18-14(17)19/h7-10H,11H2,1-6H3,(H,18,19). The van der Waals surface area contributed by atoms with E-state index in [1.807, 2.05) is 53.7 Å². The number of para-hydroxylation sites is 1. The van der Waals surface area contributed by atoms with Crippen LogP contribution in [0.4, 0.5) is 5.69 Å². The van der Waals surface area contributed by atoms with Crippen LogP contribution in [0.5, 0.6) is 0 Å². The fraction of sp³-hybridized carbons (Fsp3) is 0.588. The Morgan fingerprint density at radius 2 is 1.61 bits per heavy atom. The quantitative estimate of drug-likeness (QED) is 0.665. The summed E-state index contributed by atoms with van der Waals surface area (Å²) in [4.78, 5) is 34.2. The van der Waals surface area contributed by atoms with Gasteiger partial charge in [0.25, 0.3) is 5.91 Å². The van der Waals surface area contributed by atoms with Crippen LogP contribution >= 0.6 is 0 Å². The van der Waals surface area contributed by atoms with Gasteiger partial charge in [-0.1, -0.05) is 18.2 Å². The lowest BCUT2D eigenvalue weighted by molar-refractivity contribution is -0.431. The summed E-state index contributed by atoms with van der Waals surface area (Å²) < 4.78 is 0. The van der Waals surface area contributed by atoms with Crippen LogP contribution in [0.15, 0.2) is 24.3 Å². The average Bonchev–Trinajstić information content (AvgIpc) is 2.68. The van der Waals surface area contributed by atoms with Gasteiger partial charge in [0.2, 0.25) is 5.60 Å². The number of benzene rings is 1. The number of nitrogens with one attached hydrogen (secondary N) is 1. The Morgan fingerprint density at radius 1 is 1.00 bits per heavy atom. The highest BCUT2D eigenvalue weighted by atomic mass is 17.2. The van der Waals surface area contributed by atoms with Crippen LogP contribution in [-0.4, -0.2) is 23.7 Å². The molecule has 6 heteroatoms. The maximum Gasteiger partial charge on any atom is 0.267 e. The van der Waals surface area contributed by atoms with Gasteiger partial charge in [0.15, 0.2) is 0 Å². The van der Waals surface area contributed by atoms with Crippen molar-refractivity contribution in [1.29, 1.82) is 0 Å². The third-order valence-corrected chi connectivity index (χ3v) is 2.98. The molecule has 1 heterocycles. The number of fused-ring (bicyclic) bond motifs is 1. The number of amides is 1. The first-order valence-electron chi connectivity index (χ1n) is 7.62. The highest BCUT2D eigenvalue weighted by Crippen LogP contribution is 2.40. The van der Waals surface area contributed by atoms with E-state index >= 15 is 0 Å². The van der Waals surface area contributed by atoms with Crippen molar-refractivity contribution in [2.75, 3.05) is 11.9 Å². The molecule has 1 aromatic carbocycles. The van der Waals surface area contributed by atoms with E-state index in [2.05, 4.69) is 5.32 Å². The third-order valence-electron chi connectivity index (χ3n) is 2.98. The van der Waals surface area contributed by atoms with Gasteiger partial charge in [-0.15, -0.1) is 0 Å². The van der Waals surface area contributed by atoms with Gasteiger partial charge in [-0.05, 0) is 47.6 Å². The second-order valence-electron chi connectivity index (χ2n) is 7.56. The fourth-order valence-corrected chi connectivity index (χ4v) is 2.03. The summed E-state index contributed by atoms with van der Waals surface area (Å²) in [7, 11) is 0. The molecule has 1 unspecified atom stereocenters. The molecule has 23 heavy (non-hydrogen) atoms. The van der Waals surface area contributed by atoms with E-state index in [0.29, 0.717) is 11.3 Å². The van der Waals surface area contributed by atoms with Gasteiger partial charge in [-0.3, -0.25) is 4.79 Å². The number of hydrogen-bond donors (Lipinski definition) is 1. The molecule has 1 aliphatic rings. The number of carbonyl (C=O) groups excluding carboxylic acids is 1. The second-order valence-corrected chi connectivity index (χ2v) is 7.56. The van der Waals surface area contributed by atoms with Gasteiger partial charge in [0, 0.05) is 11.3 Å². The fourth-order valence-electron chi connectivity index (χ4n) is 2.03. The zero-order chi connectivity index (χ0) is 17.3. The average molecular weight is 323 g/mol. The highest BCUT2D eigenvalue weighted by Gasteiger charge is 2.51. The van der Waals surface area contributed by atoms with E-state index in [1.54, 1.807) is 12.1 Å². The SMILES string of the molecule is CC(C)(C)OOCC1(OOC(C)(C)C)C(=O)Nc2ccccc21. The van der Waals surface area contributed by atoms with Crippen molar-refractivity contribution in [2.45, 2.75) is 58.3 Å². The van der Waals surface area contributed by atoms with Crippen molar-refractivity contribution in [3.05, 3.63) is 29.8 Å². The molecule has 1 aliphatic heterocycles. The summed E-state index contributed by atoms with van der Waals surface area (Å²) >= 11 is 0. The normalized spacial score (nSPS) is 21.2. The van der Waals surface area contributed by atoms with Crippen molar-refractivity contribution >= 4 is 11.6 Å². The molecule has 1 atom stereocenters. The Morgan fingerprint density at radius 3 is 2.22 bits per heavy atom. The lowest BCUT2D eigenvalue weighted by atomic mass is 9.96. The predicted molar refractivity (Wildman–Crippen MR) is 85.5 cm³/mol. The summed E-state index contributed by atoms with van der Waals surface area (Å²) in [5.74, 6) is -0.347. The minimum atomic E-state index is -1.41. The second kappa shape index (κ2) is 6.20. The van der Waals surface area contributed by atoms with E-state index in [1.165, 1.54) is 0 Å². The molecule has 0 radical (unpaired) electrons. The Balaban J connectivity index is 2.27. The zero-order valence-corrected chi connectivity index (χ0v) is 14.6. The minimum absolute atomic E-state index is 0.122. The smallest absolute Gasteiger partial charge is 0.267 e. The van der Waals surface area contributed by atoms with Crippen molar-refractivity contribution < 1.29 is 24.3 Å². The molecule has 1 amide bonds. The first-order chi connectivity index (χ1) is 10.5. The maximum atomic E-state index is 12.6. The van der Waals surface area contributed by atoms with Crippen LogP contribution < -0.4 is 5.32 Å². The van der Waals surface area contributed by atoms with E-state index < -0.39 is 16.8 Å². The van der Waals surface area contributed by atoms with Crippen LogP contribution in [0.3, 0.4) is 0 Å². The van der Waals surface area contributed by atoms with Crippen LogP contribution in [0.1, 0.15) is 47.1 Å². The molecule has 0 aromatic heterocycles. The van der Waals surface area contributed by atoms with E-state index in [0.717, 1.165) is 0 Å². The Kier molecular flexibility index (Phi) is 4.82. The molecule has 128 valence electrons. The Bertz CT molecular complexity index is 573. The van der Waals surface area contributed by atoms with Gasteiger partial charge in [-0.25, -0.2) is 19.6 Å². The largest absolute Gasteiger partial charge is 0.323 e. The summed E-state index contributed by atoms with van der Waals surface area (Å²) in [6.45, 7) is 11.0. The number of anilines is 1. The molecule has 0 aliphatic carbocycles. The first kappa shape index (κ1) is 17.9. The van der Waals surface area contributed by atoms with E-state index in [9.17, 15) is 4.79 Å². The van der Waals surface area contributed by atoms with Crippen molar-refractivity contribution in [3.8, 4) is 0 Å². The topological polar surface area (TPSA) is 66.0 Å². The van der Waals surface area contributed by atoms with Crippen LogP contribution in [0.25, 0.3) is 0 Å². The Labute approximate surface area is 136 Å². The summed E-state index contributed by atoms with van der Waals surface area (Å²) in [6, 6.07) is 7.28. The molecule has 2 rings (SSSR count). The Hall–Kier alpha value is -1.47. The lowest BCUT2D eigenvalue weighted by Gasteiger charge is -2.30. The number of hydrogen-bond acceptors (Lipinski definition) is 5. The summed E-state index contributed by atoms with van der Waals surface area (Å²) in [5, 5.41) is 2.79. The molecule has 6 nitrogen and oxygen atoms in total. The summed E-state index contributed by atoms with van der Waals surface area (Å²) in [5.41, 5.74) is -1.15. The monoisotopic (exact) mass is 323 g/mol. The number of carbonyl (C=O) groups is 1. The van der Waals surface area contributed by atoms with Gasteiger partial charge in [-0.2, -0.15) is 0 Å². The third kappa shape index (κ3) is 4.29. The molecule has 0 saturated heterocycles. The molecule has 1 aromatic rings. The van der Waals surface area contributed by atoms with Gasteiger partial charge >= 0.3 is 0 Å². The highest BCUT2D eigenvalue weighted by molar-refractivity contribution is 6.05. The van der Waals surface area contributed by atoms with Crippen LogP contribution in [-0.2, 0) is 29.9 Å². The van der Waals surface area contributed by atoms with Crippen molar-refractivity contribution in [1.82, 2.24) is 0 Å². The zero-order valence-electron chi connectivity index (χ0n) is 14.6. The molecule has 0 saturated carbocycles. The van der Waals surface area contributed by atoms with E-state index in [-0.39, 0.29) is 12.5 Å². The minimum Gasteiger partial charge on any atom is -0.323 e. The van der Waals surface area contributed by atoms with Crippen molar-refractivity contribution in [2.24, 2.45) is 0 Å². The van der Waals surface area contributed by atoms with Crippen LogP contribution in [0, 0.1) is 0 Å². The molecular formula is C17H25NO5. The number of rotatable bonds is 5. The maximum absolute atomic E-state index is 12.6. The molecule has 0 fully saturated rings. The summed E-state index contributed by atoms with van der Waals surface area (Å²) in [6.07, 6.45) is 0. The molecule has 1 N–H and O–H groups in total. The molecule has 0 spiro atoms. The molecular weight excluding hydrogens is 298 g/mol. The molecule has 0 bridgehead atoms. The van der Waals surface area contributed by atoms with Gasteiger partial charge < -0.3 is 5.32 Å². The van der Waals surface area contributed by atoms with Gasteiger partial charge in [0.1, 0.15) is 6.61 Å². The first-order valence-corrected chi connectivity index (χ1v) is 7.62. The van der Waals surface area contributed by atoms with Crippen LogP contribution in [0.2, 0.25) is 0 Å². The van der Waals surface area contributed by atoms with E-state index in [4.69, 9.17) is 19.6 Å². The predicted octanol–water partition coefficient (Wildman–Crippen LogP) is 3.33.